The summed E-state index contributed by atoms with van der Waals surface area (Å²) in [6.45, 7) is 6.83. The topological polar surface area (TPSA) is 90.7 Å². The third kappa shape index (κ3) is 20.5. The van der Waals surface area contributed by atoms with Gasteiger partial charge in [0.2, 0.25) is 5.91 Å². The van der Waals surface area contributed by atoms with Crippen LogP contribution in [0.3, 0.4) is 0 Å². The molecular weight excluding hydrogens is 256 g/mol. The Hall–Kier alpha value is -0.920. The lowest BCUT2D eigenvalue weighted by Crippen LogP contribution is -3.05. The largest absolute Gasteiger partial charge is 0.748 e. The Labute approximate surface area is 110 Å². The van der Waals surface area contributed by atoms with E-state index in [-0.39, 0.29) is 11.7 Å². The fourth-order valence-electron chi connectivity index (χ4n) is 0.976. The molecule has 0 atom stereocenters. The van der Waals surface area contributed by atoms with Crippen LogP contribution >= 0.6 is 0 Å². The predicted octanol–water partition coefficient (Wildman–Crippen LogP) is -1.24. The highest BCUT2D eigenvalue weighted by atomic mass is 32.2. The van der Waals surface area contributed by atoms with Crippen molar-refractivity contribution in [3.05, 3.63) is 12.7 Å². The molecule has 0 aromatic carbocycles. The molecule has 0 bridgehead atoms. The Morgan fingerprint density at radius 1 is 1.44 bits per heavy atom. The summed E-state index contributed by atoms with van der Waals surface area (Å²) in [6.07, 6.45) is 2.72. The summed E-state index contributed by atoms with van der Waals surface area (Å²) < 4.78 is 29.0. The summed E-state index contributed by atoms with van der Waals surface area (Å²) in [5.41, 5.74) is 0. The molecular formula is C11H24N2O4S. The molecule has 2 N–H and O–H groups in total. The molecule has 0 aliphatic carbocycles. The van der Waals surface area contributed by atoms with Crippen molar-refractivity contribution in [2.24, 2.45) is 0 Å². The number of hydrogen-bond acceptors (Lipinski definition) is 4. The van der Waals surface area contributed by atoms with Gasteiger partial charge in [-0.15, -0.1) is 0 Å². The van der Waals surface area contributed by atoms with Crippen molar-refractivity contribution < 1.29 is 22.7 Å². The highest BCUT2D eigenvalue weighted by Gasteiger charge is 1.94. The number of carbonyl (C=O) groups excluding carboxylic acids is 1. The molecule has 18 heavy (non-hydrogen) atoms. The van der Waals surface area contributed by atoms with E-state index in [1.54, 1.807) is 6.92 Å². The summed E-state index contributed by atoms with van der Waals surface area (Å²) in [6, 6.07) is 0. The van der Waals surface area contributed by atoms with Gasteiger partial charge >= 0.3 is 0 Å². The van der Waals surface area contributed by atoms with Crippen LogP contribution in [0, 0.1) is 0 Å². The minimum Gasteiger partial charge on any atom is -0.748 e. The highest BCUT2D eigenvalue weighted by molar-refractivity contribution is 7.85. The summed E-state index contributed by atoms with van der Waals surface area (Å²) in [7, 11) is 0.261. The van der Waals surface area contributed by atoms with E-state index in [1.807, 2.05) is 0 Å². The summed E-state index contributed by atoms with van der Waals surface area (Å²) in [5, 5.41) is 2.72. The number of hydrogen-bond donors (Lipinski definition) is 2. The normalized spacial score (nSPS) is 10.5. The van der Waals surface area contributed by atoms with Gasteiger partial charge < -0.3 is 14.8 Å². The third-order valence-corrected chi connectivity index (χ3v) is 2.70. The fourth-order valence-corrected chi connectivity index (χ4v) is 1.48. The predicted molar refractivity (Wildman–Crippen MR) is 70.4 cm³/mol. The van der Waals surface area contributed by atoms with Crippen molar-refractivity contribution in [1.29, 1.82) is 0 Å². The number of quaternary nitrogens is 1. The monoisotopic (exact) mass is 280 g/mol. The van der Waals surface area contributed by atoms with E-state index in [4.69, 9.17) is 0 Å². The maximum atomic E-state index is 10.6. The van der Waals surface area contributed by atoms with Gasteiger partial charge in [-0.05, 0) is 12.5 Å². The number of nitrogens with one attached hydrogen (secondary N) is 2. The maximum absolute atomic E-state index is 10.6. The smallest absolute Gasteiger partial charge is 0.243 e. The van der Waals surface area contributed by atoms with Crippen molar-refractivity contribution in [3.63, 3.8) is 0 Å². The van der Waals surface area contributed by atoms with Gasteiger partial charge in [-0.2, -0.15) is 0 Å². The van der Waals surface area contributed by atoms with Gasteiger partial charge in [0, 0.05) is 18.7 Å². The van der Waals surface area contributed by atoms with Crippen LogP contribution in [0.15, 0.2) is 12.7 Å². The van der Waals surface area contributed by atoms with Crippen molar-refractivity contribution >= 4 is 16.0 Å². The van der Waals surface area contributed by atoms with Crippen LogP contribution in [0.4, 0.5) is 0 Å². The molecule has 0 rings (SSSR count). The number of amides is 1. The van der Waals surface area contributed by atoms with E-state index in [0.29, 0.717) is 6.42 Å². The van der Waals surface area contributed by atoms with Crippen molar-refractivity contribution in [3.8, 4) is 0 Å². The zero-order valence-corrected chi connectivity index (χ0v) is 12.2. The Kier molecular flexibility index (Phi) is 12.1. The summed E-state index contributed by atoms with van der Waals surface area (Å²) >= 11 is 0. The van der Waals surface area contributed by atoms with Crippen LogP contribution in [0.25, 0.3) is 0 Å². The van der Waals surface area contributed by atoms with Crippen LogP contribution in [0.1, 0.15) is 19.8 Å². The SMILES string of the molecule is C=CC(=O)NCCC[NH+](C)C.CCCS(=O)(=O)[O-]. The van der Waals surface area contributed by atoms with Gasteiger partial charge in [-0.3, -0.25) is 4.79 Å². The maximum Gasteiger partial charge on any atom is 0.243 e. The van der Waals surface area contributed by atoms with Crippen molar-refractivity contribution in [1.82, 2.24) is 5.32 Å². The number of rotatable bonds is 7. The second-order valence-electron chi connectivity index (χ2n) is 4.07. The van der Waals surface area contributed by atoms with Gasteiger partial charge in [0.15, 0.2) is 0 Å². The van der Waals surface area contributed by atoms with E-state index in [2.05, 4.69) is 26.0 Å². The van der Waals surface area contributed by atoms with Gasteiger partial charge in [0.1, 0.15) is 0 Å². The second kappa shape index (κ2) is 11.2. The lowest BCUT2D eigenvalue weighted by molar-refractivity contribution is -0.858. The molecule has 1 amide bonds. The Bertz CT molecular complexity index is 326. The molecule has 0 unspecified atom stereocenters. The molecule has 0 aromatic heterocycles. The molecule has 6 nitrogen and oxygen atoms in total. The van der Waals surface area contributed by atoms with Crippen LogP contribution in [0.5, 0.6) is 0 Å². The van der Waals surface area contributed by atoms with Gasteiger partial charge in [0.05, 0.1) is 30.8 Å². The third-order valence-electron chi connectivity index (χ3n) is 1.79. The Balaban J connectivity index is 0. The van der Waals surface area contributed by atoms with Crippen molar-refractivity contribution in [2.45, 2.75) is 19.8 Å². The average Bonchev–Trinajstić information content (AvgIpc) is 2.23. The van der Waals surface area contributed by atoms with Crippen LogP contribution in [0.2, 0.25) is 0 Å². The van der Waals surface area contributed by atoms with E-state index >= 15 is 0 Å². The molecule has 7 heteroatoms. The number of carbonyl (C=O) groups is 1. The Morgan fingerprint density at radius 3 is 2.28 bits per heavy atom. The molecule has 0 heterocycles. The summed E-state index contributed by atoms with van der Waals surface area (Å²) in [5.74, 6) is -0.328. The molecule has 0 aliphatic heterocycles. The highest BCUT2D eigenvalue weighted by Crippen LogP contribution is 1.83. The lowest BCUT2D eigenvalue weighted by Gasteiger charge is -2.06. The molecule has 0 aromatic rings. The second-order valence-corrected chi connectivity index (χ2v) is 5.59. The van der Waals surface area contributed by atoms with E-state index < -0.39 is 10.1 Å². The van der Waals surface area contributed by atoms with Crippen molar-refractivity contribution in [2.75, 3.05) is 32.9 Å². The first-order valence-electron chi connectivity index (χ1n) is 5.85. The minimum absolute atomic E-state index is 0.0845. The first-order valence-corrected chi connectivity index (χ1v) is 7.43. The molecule has 0 spiro atoms. The standard InChI is InChI=1S/C8H16N2O.C3H8O3S/c1-4-8(11)9-6-5-7-10(2)3;1-2-3-7(4,5)6/h4H,1,5-7H2,2-3H3,(H,9,11);2-3H2,1H3,(H,4,5,6). The average molecular weight is 280 g/mol. The molecule has 0 saturated heterocycles. The van der Waals surface area contributed by atoms with Gasteiger partial charge in [-0.25, -0.2) is 8.42 Å². The molecule has 0 fully saturated rings. The first kappa shape index (κ1) is 19.4. The molecule has 0 aliphatic rings. The molecule has 108 valence electrons. The summed E-state index contributed by atoms with van der Waals surface area (Å²) in [4.78, 5) is 12.0. The fraction of sp³-hybridized carbons (Fsp3) is 0.727. The Morgan fingerprint density at radius 2 is 2.00 bits per heavy atom. The first-order chi connectivity index (χ1) is 8.22. The van der Waals surface area contributed by atoms with Crippen LogP contribution in [-0.4, -0.2) is 51.8 Å². The van der Waals surface area contributed by atoms with Crippen LogP contribution < -0.4 is 10.2 Å². The van der Waals surface area contributed by atoms with Gasteiger partial charge in [0.25, 0.3) is 0 Å². The van der Waals surface area contributed by atoms with E-state index in [1.165, 1.54) is 11.0 Å². The molecule has 0 radical (unpaired) electrons. The van der Waals surface area contributed by atoms with E-state index in [0.717, 1.165) is 19.5 Å². The van der Waals surface area contributed by atoms with Gasteiger partial charge in [-0.1, -0.05) is 13.5 Å². The van der Waals surface area contributed by atoms with Crippen LogP contribution in [-0.2, 0) is 14.9 Å². The molecule has 0 saturated carbocycles. The lowest BCUT2D eigenvalue weighted by atomic mass is 10.4. The quantitative estimate of drug-likeness (QED) is 0.347. The van der Waals surface area contributed by atoms with E-state index in [9.17, 15) is 17.8 Å². The zero-order valence-electron chi connectivity index (χ0n) is 11.4. The zero-order chi connectivity index (χ0) is 14.6. The minimum atomic E-state index is -3.92.